The van der Waals surface area contributed by atoms with Crippen LogP contribution in [-0.2, 0) is 0 Å². The van der Waals surface area contributed by atoms with E-state index in [-0.39, 0.29) is 0 Å². The molecule has 0 radical (unpaired) electrons. The lowest BCUT2D eigenvalue weighted by atomic mass is 10.2. The molecule has 0 amide bonds. The first kappa shape index (κ1) is 10.6. The van der Waals surface area contributed by atoms with Crippen molar-refractivity contribution in [2.75, 3.05) is 0 Å². The van der Waals surface area contributed by atoms with Crippen molar-refractivity contribution in [3.8, 4) is 0 Å². The van der Waals surface area contributed by atoms with E-state index in [9.17, 15) is 0 Å². The van der Waals surface area contributed by atoms with Gasteiger partial charge in [0.2, 0.25) is 0 Å². The molecule has 0 saturated carbocycles. The van der Waals surface area contributed by atoms with E-state index in [1.165, 1.54) is 0 Å². The van der Waals surface area contributed by atoms with Crippen molar-refractivity contribution >= 4 is 0 Å². The predicted molar refractivity (Wildman–Crippen MR) is 53.9 cm³/mol. The van der Waals surface area contributed by atoms with Gasteiger partial charge in [-0.3, -0.25) is 0 Å². The van der Waals surface area contributed by atoms with Crippen LogP contribution in [0.4, 0.5) is 0 Å². The maximum absolute atomic E-state index is 3.50. The first-order valence-electron chi connectivity index (χ1n) is 3.87. The van der Waals surface area contributed by atoms with Gasteiger partial charge in [-0.1, -0.05) is 24.1 Å². The lowest BCUT2D eigenvalue weighted by Gasteiger charge is -1.82. The zero-order chi connectivity index (χ0) is 9.40. The maximum Gasteiger partial charge on any atom is -0.00399 e. The van der Waals surface area contributed by atoms with Crippen LogP contribution in [0.2, 0.25) is 0 Å². The molecule has 0 heterocycles. The molecule has 0 saturated heterocycles. The quantitative estimate of drug-likeness (QED) is 0.426. The molecule has 12 heavy (non-hydrogen) atoms. The molecule has 0 aliphatic rings. The van der Waals surface area contributed by atoms with Crippen molar-refractivity contribution in [1.29, 1.82) is 0 Å². The van der Waals surface area contributed by atoms with Crippen molar-refractivity contribution in [2.45, 2.75) is 20.8 Å². The normalized spacial score (nSPS) is 9.08. The fourth-order valence-electron chi connectivity index (χ4n) is 0.590. The minimum absolute atomic E-state index is 1.04. The third kappa shape index (κ3) is 5.35. The summed E-state index contributed by atoms with van der Waals surface area (Å²) >= 11 is 0. The third-order valence-electron chi connectivity index (χ3n) is 1.16. The Morgan fingerprint density at radius 3 is 2.33 bits per heavy atom. The molecular weight excluding hydrogens is 144 g/mol. The van der Waals surface area contributed by atoms with Crippen LogP contribution in [0, 0.1) is 0 Å². The van der Waals surface area contributed by atoms with Gasteiger partial charge >= 0.3 is 0 Å². The molecule has 0 heteroatoms. The SMILES string of the molecule is C=C=CC(C=C=C=C(C)C)=CC. The summed E-state index contributed by atoms with van der Waals surface area (Å²) in [4.78, 5) is 0. The highest BCUT2D eigenvalue weighted by molar-refractivity contribution is 5.28. The number of hydrogen-bond donors (Lipinski definition) is 0. The maximum atomic E-state index is 3.50. The molecule has 62 valence electrons. The van der Waals surface area contributed by atoms with Crippen LogP contribution in [0.5, 0.6) is 0 Å². The predicted octanol–water partition coefficient (Wildman–Crippen LogP) is 3.55. The standard InChI is InChI=1S/C12H14/c1-5-8-12(6-2)10-7-9-11(3)4/h6,8,10H,1H2,2-4H3. The van der Waals surface area contributed by atoms with Crippen LogP contribution < -0.4 is 0 Å². The zero-order valence-electron chi connectivity index (χ0n) is 7.94. The van der Waals surface area contributed by atoms with Crippen molar-refractivity contribution in [1.82, 2.24) is 0 Å². The first-order chi connectivity index (χ1) is 5.70. The molecule has 0 aromatic carbocycles. The van der Waals surface area contributed by atoms with Crippen LogP contribution in [0.1, 0.15) is 20.8 Å². The van der Waals surface area contributed by atoms with Crippen molar-refractivity contribution in [2.24, 2.45) is 0 Å². The van der Waals surface area contributed by atoms with Crippen LogP contribution >= 0.6 is 0 Å². The second-order valence-corrected chi connectivity index (χ2v) is 2.55. The Morgan fingerprint density at radius 1 is 1.25 bits per heavy atom. The molecule has 0 atom stereocenters. The summed E-state index contributed by atoms with van der Waals surface area (Å²) in [5.41, 5.74) is 10.8. The van der Waals surface area contributed by atoms with Gasteiger partial charge < -0.3 is 0 Å². The van der Waals surface area contributed by atoms with Crippen LogP contribution in [0.15, 0.2) is 53.1 Å². The van der Waals surface area contributed by atoms with Crippen LogP contribution in [0.25, 0.3) is 0 Å². The Bertz CT molecular complexity index is 304. The number of rotatable bonds is 2. The lowest BCUT2D eigenvalue weighted by Crippen LogP contribution is -1.64. The molecule has 0 fully saturated rings. The van der Waals surface area contributed by atoms with Crippen molar-refractivity contribution in [3.63, 3.8) is 0 Å². The smallest absolute Gasteiger partial charge is 0.00399 e. The minimum atomic E-state index is 1.04. The lowest BCUT2D eigenvalue weighted by molar-refractivity contribution is 1.41. The second-order valence-electron chi connectivity index (χ2n) is 2.55. The van der Waals surface area contributed by atoms with Crippen LogP contribution in [-0.4, -0.2) is 0 Å². The monoisotopic (exact) mass is 158 g/mol. The summed E-state index contributed by atoms with van der Waals surface area (Å²) in [7, 11) is 0. The second kappa shape index (κ2) is 6.28. The van der Waals surface area contributed by atoms with E-state index in [1.54, 1.807) is 6.08 Å². The fourth-order valence-corrected chi connectivity index (χ4v) is 0.590. The molecule has 0 spiro atoms. The van der Waals surface area contributed by atoms with Gasteiger partial charge in [-0.2, -0.15) is 0 Å². The average molecular weight is 158 g/mol. The van der Waals surface area contributed by atoms with Gasteiger partial charge in [0.05, 0.1) is 0 Å². The van der Waals surface area contributed by atoms with E-state index in [4.69, 9.17) is 0 Å². The van der Waals surface area contributed by atoms with E-state index < -0.39 is 0 Å². The molecule has 0 unspecified atom stereocenters. The number of allylic oxidation sites excluding steroid dienone is 5. The highest BCUT2D eigenvalue weighted by atomic mass is 13.8. The summed E-state index contributed by atoms with van der Waals surface area (Å²) in [6.45, 7) is 9.43. The fraction of sp³-hybridized carbons (Fsp3) is 0.250. The van der Waals surface area contributed by atoms with Crippen LogP contribution in [0.3, 0.4) is 0 Å². The van der Waals surface area contributed by atoms with E-state index in [0.717, 1.165) is 11.1 Å². The zero-order valence-corrected chi connectivity index (χ0v) is 7.94. The highest BCUT2D eigenvalue weighted by Crippen LogP contribution is 1.95. The van der Waals surface area contributed by atoms with Gasteiger partial charge in [0, 0.05) is 0 Å². The first-order valence-corrected chi connectivity index (χ1v) is 3.87. The molecule has 0 aromatic heterocycles. The molecule has 0 bridgehead atoms. The summed E-state index contributed by atoms with van der Waals surface area (Å²) in [5.74, 6) is 0. The van der Waals surface area contributed by atoms with Gasteiger partial charge in [-0.05, 0) is 44.1 Å². The van der Waals surface area contributed by atoms with Gasteiger partial charge in [-0.25, -0.2) is 0 Å². The van der Waals surface area contributed by atoms with Gasteiger partial charge in [0.15, 0.2) is 0 Å². The van der Waals surface area contributed by atoms with Crippen molar-refractivity contribution in [3.05, 3.63) is 53.1 Å². The van der Waals surface area contributed by atoms with Crippen molar-refractivity contribution < 1.29 is 0 Å². The third-order valence-corrected chi connectivity index (χ3v) is 1.16. The Labute approximate surface area is 74.6 Å². The van der Waals surface area contributed by atoms with Gasteiger partial charge in [0.1, 0.15) is 0 Å². The molecule has 0 aliphatic carbocycles. The molecule has 0 aromatic rings. The topological polar surface area (TPSA) is 0 Å². The Morgan fingerprint density at radius 2 is 1.92 bits per heavy atom. The Balaban J connectivity index is 4.76. The van der Waals surface area contributed by atoms with E-state index in [0.29, 0.717) is 0 Å². The Kier molecular flexibility index (Phi) is 5.53. The molecule has 0 N–H and O–H groups in total. The summed E-state index contributed by atoms with van der Waals surface area (Å²) in [6, 6.07) is 0. The van der Waals surface area contributed by atoms with E-state index in [2.05, 4.69) is 23.8 Å². The largest absolute Gasteiger partial charge is 0.128 e. The molecule has 0 aliphatic heterocycles. The summed E-state index contributed by atoms with van der Waals surface area (Å²) in [5, 5.41) is 0. The van der Waals surface area contributed by atoms with E-state index >= 15 is 0 Å². The minimum Gasteiger partial charge on any atom is -0.128 e. The summed E-state index contributed by atoms with van der Waals surface area (Å²) in [6.07, 6.45) is 5.63. The van der Waals surface area contributed by atoms with Gasteiger partial charge in [0.25, 0.3) is 0 Å². The molecular formula is C12H14. The van der Waals surface area contributed by atoms with E-state index in [1.807, 2.05) is 32.9 Å². The highest BCUT2D eigenvalue weighted by Gasteiger charge is 1.77. The Hall–Kier alpha value is -1.44. The number of hydrogen-bond acceptors (Lipinski definition) is 0. The average Bonchev–Trinajstić information content (AvgIpc) is 2.02. The molecule has 0 nitrogen and oxygen atoms in total. The molecule has 0 rings (SSSR count). The van der Waals surface area contributed by atoms with Gasteiger partial charge in [-0.15, -0.1) is 5.73 Å². The summed E-state index contributed by atoms with van der Waals surface area (Å²) < 4.78 is 0.